The average Bonchev–Trinajstić information content (AvgIpc) is 3.36. The Morgan fingerprint density at radius 1 is 1.25 bits per heavy atom. The summed E-state index contributed by atoms with van der Waals surface area (Å²) in [5.41, 5.74) is -0.135. The number of hydrogen-bond acceptors (Lipinski definition) is 6. The molecule has 2 amide bonds. The molecule has 3 N–H and O–H groups in total. The number of carbonyl (C=O) groups is 1. The van der Waals surface area contributed by atoms with Gasteiger partial charge in [-0.15, -0.1) is 0 Å². The lowest BCUT2D eigenvalue weighted by atomic mass is 10.0. The van der Waals surface area contributed by atoms with Crippen LogP contribution in [0.4, 0.5) is 14.9 Å². The fourth-order valence-electron chi connectivity index (χ4n) is 4.90. The number of ether oxygens (including phenoxy) is 1. The Bertz CT molecular complexity index is 1380. The Labute approximate surface area is 235 Å². The largest absolute Gasteiger partial charge is 0.487 e. The molecule has 9 nitrogen and oxygen atoms in total. The van der Waals surface area contributed by atoms with Crippen molar-refractivity contribution in [2.45, 2.75) is 62.2 Å². The molecular weight excluding hydrogens is 537 g/mol. The molecule has 2 aliphatic rings. The summed E-state index contributed by atoms with van der Waals surface area (Å²) >= 11 is 0. The molecule has 1 aliphatic heterocycles. The lowest BCUT2D eigenvalue weighted by Crippen LogP contribution is -2.50. The summed E-state index contributed by atoms with van der Waals surface area (Å²) in [4.78, 5) is 14.2. The van der Waals surface area contributed by atoms with Crippen molar-refractivity contribution in [3.63, 3.8) is 0 Å². The van der Waals surface area contributed by atoms with Crippen molar-refractivity contribution in [1.29, 1.82) is 0 Å². The summed E-state index contributed by atoms with van der Waals surface area (Å²) in [5.74, 6) is 5.21. The molecule has 1 fully saturated rings. The van der Waals surface area contributed by atoms with Crippen molar-refractivity contribution in [3.05, 3.63) is 53.8 Å². The van der Waals surface area contributed by atoms with Gasteiger partial charge in [-0.2, -0.15) is 4.31 Å². The fraction of sp³-hybridized carbons (Fsp3) is 0.483. The summed E-state index contributed by atoms with van der Waals surface area (Å²) in [6.45, 7) is 3.27. The SMILES string of the molecule is C[C@H](CO)N1C[C@H](C)[C@H](CN(C)C(=O)Nc2ccc(F)cc2)Oc2cc(C#CC3(O)CCCC3)ccc2S1(=O)=O. The van der Waals surface area contributed by atoms with E-state index in [1.165, 1.54) is 39.5 Å². The molecule has 11 heteroatoms. The fourth-order valence-corrected chi connectivity index (χ4v) is 6.73. The zero-order chi connectivity index (χ0) is 29.1. The number of benzene rings is 2. The van der Waals surface area contributed by atoms with Crippen molar-refractivity contribution in [1.82, 2.24) is 9.21 Å². The minimum Gasteiger partial charge on any atom is -0.487 e. The summed E-state index contributed by atoms with van der Waals surface area (Å²) in [7, 11) is -2.44. The highest BCUT2D eigenvalue weighted by Gasteiger charge is 2.38. The molecule has 0 unspecified atom stereocenters. The number of halogens is 1. The van der Waals surface area contributed by atoms with Crippen LogP contribution in [0, 0.1) is 23.6 Å². The zero-order valence-electron chi connectivity index (χ0n) is 22.9. The Morgan fingerprint density at radius 3 is 2.58 bits per heavy atom. The third-order valence-electron chi connectivity index (χ3n) is 7.43. The first kappa shape index (κ1) is 29.8. The predicted molar refractivity (Wildman–Crippen MR) is 149 cm³/mol. The Morgan fingerprint density at radius 2 is 1.93 bits per heavy atom. The minimum absolute atomic E-state index is 0.0618. The van der Waals surface area contributed by atoms with E-state index in [9.17, 15) is 27.8 Å². The minimum atomic E-state index is -4.03. The van der Waals surface area contributed by atoms with Crippen LogP contribution in [0.2, 0.25) is 0 Å². The highest BCUT2D eigenvalue weighted by Crippen LogP contribution is 2.34. The first-order chi connectivity index (χ1) is 18.9. The highest BCUT2D eigenvalue weighted by molar-refractivity contribution is 7.89. The normalized spacial score (nSPS) is 22.4. The van der Waals surface area contributed by atoms with E-state index in [0.29, 0.717) is 24.1 Å². The number of urea groups is 1. The number of carbonyl (C=O) groups excluding carboxylic acids is 1. The number of aliphatic hydroxyl groups excluding tert-OH is 1. The van der Waals surface area contributed by atoms with Crippen LogP contribution in [0.5, 0.6) is 5.75 Å². The topological polar surface area (TPSA) is 119 Å². The van der Waals surface area contributed by atoms with Gasteiger partial charge in [0.1, 0.15) is 28.2 Å². The van der Waals surface area contributed by atoms with Gasteiger partial charge in [-0.25, -0.2) is 17.6 Å². The van der Waals surface area contributed by atoms with Crippen molar-refractivity contribution in [3.8, 4) is 17.6 Å². The highest BCUT2D eigenvalue weighted by atomic mass is 32.2. The number of anilines is 1. The molecule has 0 radical (unpaired) electrons. The lowest BCUT2D eigenvalue weighted by molar-refractivity contribution is 0.0830. The third-order valence-corrected chi connectivity index (χ3v) is 9.45. The molecule has 1 heterocycles. The van der Waals surface area contributed by atoms with Gasteiger partial charge in [0.25, 0.3) is 0 Å². The second-order valence-corrected chi connectivity index (χ2v) is 12.6. The van der Waals surface area contributed by atoms with E-state index < -0.39 is 39.6 Å². The summed E-state index contributed by atoms with van der Waals surface area (Å²) in [5, 5.41) is 23.2. The Balaban J connectivity index is 1.65. The second-order valence-electron chi connectivity index (χ2n) is 10.7. The van der Waals surface area contributed by atoms with E-state index in [1.807, 2.05) is 6.92 Å². The summed E-state index contributed by atoms with van der Waals surface area (Å²) < 4.78 is 48.2. The van der Waals surface area contributed by atoms with E-state index in [4.69, 9.17) is 4.74 Å². The lowest BCUT2D eigenvalue weighted by Gasteiger charge is -2.37. The van der Waals surface area contributed by atoms with Crippen LogP contribution < -0.4 is 10.1 Å². The first-order valence-electron chi connectivity index (χ1n) is 13.4. The monoisotopic (exact) mass is 573 g/mol. The van der Waals surface area contributed by atoms with Crippen LogP contribution in [0.25, 0.3) is 0 Å². The van der Waals surface area contributed by atoms with Crippen molar-refractivity contribution in [2.24, 2.45) is 5.92 Å². The van der Waals surface area contributed by atoms with Crippen molar-refractivity contribution in [2.75, 3.05) is 32.1 Å². The second kappa shape index (κ2) is 12.1. The average molecular weight is 574 g/mol. The number of nitrogens with one attached hydrogen (secondary N) is 1. The third kappa shape index (κ3) is 6.75. The van der Waals surface area contributed by atoms with Crippen LogP contribution >= 0.6 is 0 Å². The summed E-state index contributed by atoms with van der Waals surface area (Å²) in [6, 6.07) is 8.83. The maximum Gasteiger partial charge on any atom is 0.321 e. The van der Waals surface area contributed by atoms with E-state index >= 15 is 0 Å². The molecule has 0 spiro atoms. The molecule has 216 valence electrons. The Hall–Kier alpha value is -3.17. The quantitative estimate of drug-likeness (QED) is 0.472. The van der Waals surface area contributed by atoms with Crippen LogP contribution in [0.3, 0.4) is 0 Å². The van der Waals surface area contributed by atoms with Crippen molar-refractivity contribution >= 4 is 21.7 Å². The van der Waals surface area contributed by atoms with Gasteiger partial charge < -0.3 is 25.2 Å². The van der Waals surface area contributed by atoms with E-state index in [1.54, 1.807) is 26.1 Å². The van der Waals surface area contributed by atoms with E-state index in [2.05, 4.69) is 17.2 Å². The van der Waals surface area contributed by atoms with Crippen LogP contribution in [0.15, 0.2) is 47.4 Å². The van der Waals surface area contributed by atoms with Gasteiger partial charge in [-0.3, -0.25) is 0 Å². The van der Waals surface area contributed by atoms with Gasteiger partial charge in [0.05, 0.1) is 13.2 Å². The summed E-state index contributed by atoms with van der Waals surface area (Å²) in [6.07, 6.45) is 2.37. The molecule has 2 aromatic carbocycles. The molecule has 2 aromatic rings. The zero-order valence-corrected chi connectivity index (χ0v) is 23.7. The molecule has 40 heavy (non-hydrogen) atoms. The molecule has 4 rings (SSSR count). The maximum absolute atomic E-state index is 13.7. The smallest absolute Gasteiger partial charge is 0.321 e. The molecule has 1 saturated carbocycles. The van der Waals surface area contributed by atoms with Crippen LogP contribution in [-0.2, 0) is 10.0 Å². The number of hydrogen-bond donors (Lipinski definition) is 3. The number of nitrogens with zero attached hydrogens (tertiary/aromatic N) is 2. The number of fused-ring (bicyclic) bond motifs is 1. The van der Waals surface area contributed by atoms with Gasteiger partial charge in [-0.1, -0.05) is 18.8 Å². The maximum atomic E-state index is 13.7. The molecule has 0 saturated heterocycles. The van der Waals surface area contributed by atoms with E-state index in [-0.39, 0.29) is 36.3 Å². The van der Waals surface area contributed by atoms with Gasteiger partial charge in [0.15, 0.2) is 0 Å². The Kier molecular flexibility index (Phi) is 9.05. The standard InChI is InChI=1S/C29H36FN3O6S/c1-20-17-33(21(2)19-34)40(37,38)27-11-6-22(12-15-29(36)13-4-5-14-29)16-25(27)39-26(20)18-32(3)28(35)31-24-9-7-23(30)8-10-24/h6-11,16,20-21,26,34,36H,4-5,13-14,17-19H2,1-3H3,(H,31,35)/t20-,21+,26-/m0/s1. The van der Waals surface area contributed by atoms with Crippen LogP contribution in [0.1, 0.15) is 45.1 Å². The van der Waals surface area contributed by atoms with Gasteiger partial charge in [0.2, 0.25) is 10.0 Å². The van der Waals surface area contributed by atoms with Gasteiger partial charge >= 0.3 is 6.03 Å². The number of sulfonamides is 1. The van der Waals surface area contributed by atoms with Crippen molar-refractivity contribution < 1.29 is 32.6 Å². The molecular formula is C29H36FN3O6S. The molecule has 0 bridgehead atoms. The number of amides is 2. The predicted octanol–water partition coefficient (Wildman–Crippen LogP) is 3.41. The van der Waals surface area contributed by atoms with Gasteiger partial charge in [0, 0.05) is 36.8 Å². The number of rotatable bonds is 5. The molecule has 0 aromatic heterocycles. The number of likely N-dealkylation sites (N-methyl/N-ethyl adjacent to an activating group) is 1. The number of aliphatic hydroxyl groups is 2. The first-order valence-corrected chi connectivity index (χ1v) is 14.8. The van der Waals surface area contributed by atoms with Crippen LogP contribution in [-0.4, -0.2) is 78.4 Å². The molecule has 3 atom stereocenters. The molecule has 1 aliphatic carbocycles. The van der Waals surface area contributed by atoms with E-state index in [0.717, 1.165) is 12.8 Å². The van der Waals surface area contributed by atoms with Gasteiger partial charge in [-0.05, 0) is 75.1 Å².